The summed E-state index contributed by atoms with van der Waals surface area (Å²) in [5.41, 5.74) is 0.161. The Morgan fingerprint density at radius 1 is 1.70 bits per heavy atom. The first-order valence-corrected chi connectivity index (χ1v) is 3.05. The summed E-state index contributed by atoms with van der Waals surface area (Å²) < 4.78 is 4.59. The third-order valence-electron chi connectivity index (χ3n) is 1.31. The van der Waals surface area contributed by atoms with Gasteiger partial charge in [0.25, 0.3) is 5.95 Å². The van der Waals surface area contributed by atoms with E-state index in [9.17, 15) is 4.79 Å². The molecule has 0 aliphatic heterocycles. The molecule has 0 aromatic carbocycles. The highest BCUT2D eigenvalue weighted by molar-refractivity contribution is 5.20. The minimum Gasteiger partial charge on any atom is -0.480 e. The Morgan fingerprint density at radius 2 is 2.40 bits per heavy atom. The van der Waals surface area contributed by atoms with Gasteiger partial charge in [-0.3, -0.25) is 4.79 Å². The van der Waals surface area contributed by atoms with Gasteiger partial charge in [-0.2, -0.15) is 0 Å². The lowest BCUT2D eigenvalue weighted by Crippen LogP contribution is -2.04. The smallest absolute Gasteiger partial charge is 0.288 e. The van der Waals surface area contributed by atoms with Crippen molar-refractivity contribution < 1.29 is 9.52 Å². The van der Waals surface area contributed by atoms with Gasteiger partial charge < -0.3 is 9.52 Å². The predicted molar refractivity (Wildman–Crippen MR) is 36.0 cm³/mol. The SMILES string of the molecule is CCc1c(O)occc1=O. The molecule has 0 unspecified atom stereocenters. The Morgan fingerprint density at radius 3 is 2.80 bits per heavy atom. The maximum Gasteiger partial charge on any atom is 0.288 e. The molecule has 0 saturated heterocycles. The fourth-order valence-corrected chi connectivity index (χ4v) is 0.763. The van der Waals surface area contributed by atoms with Crippen LogP contribution in [0.25, 0.3) is 0 Å². The number of aromatic hydroxyl groups is 1. The quantitative estimate of drug-likeness (QED) is 0.630. The van der Waals surface area contributed by atoms with E-state index < -0.39 is 0 Å². The molecule has 0 atom stereocenters. The Hall–Kier alpha value is -1.25. The molecule has 0 bridgehead atoms. The summed E-state index contributed by atoms with van der Waals surface area (Å²) in [5.74, 6) is -0.269. The summed E-state index contributed by atoms with van der Waals surface area (Å²) in [4.78, 5) is 10.9. The van der Waals surface area contributed by atoms with Crippen molar-refractivity contribution in [2.45, 2.75) is 13.3 Å². The summed E-state index contributed by atoms with van der Waals surface area (Å²) in [7, 11) is 0. The van der Waals surface area contributed by atoms with Gasteiger partial charge >= 0.3 is 0 Å². The molecule has 1 rings (SSSR count). The van der Waals surface area contributed by atoms with Crippen molar-refractivity contribution in [3.05, 3.63) is 28.1 Å². The van der Waals surface area contributed by atoms with E-state index in [0.717, 1.165) is 0 Å². The summed E-state index contributed by atoms with van der Waals surface area (Å²) in [5, 5.41) is 8.92. The second-order valence-corrected chi connectivity index (χ2v) is 1.92. The minimum atomic E-state index is -0.269. The van der Waals surface area contributed by atoms with Gasteiger partial charge in [0.05, 0.1) is 11.8 Å². The molecule has 54 valence electrons. The van der Waals surface area contributed by atoms with Crippen LogP contribution in [-0.2, 0) is 6.42 Å². The first-order valence-electron chi connectivity index (χ1n) is 3.05. The largest absolute Gasteiger partial charge is 0.480 e. The lowest BCUT2D eigenvalue weighted by atomic mass is 10.2. The van der Waals surface area contributed by atoms with Crippen LogP contribution in [0.1, 0.15) is 12.5 Å². The van der Waals surface area contributed by atoms with Crippen molar-refractivity contribution in [2.75, 3.05) is 0 Å². The molecule has 3 nitrogen and oxygen atoms in total. The van der Waals surface area contributed by atoms with Crippen LogP contribution in [0, 0.1) is 0 Å². The highest BCUT2D eigenvalue weighted by Crippen LogP contribution is 2.10. The Labute approximate surface area is 57.9 Å². The van der Waals surface area contributed by atoms with Crippen LogP contribution < -0.4 is 5.43 Å². The predicted octanol–water partition coefficient (Wildman–Crippen LogP) is 0.908. The number of hydrogen-bond donors (Lipinski definition) is 1. The van der Waals surface area contributed by atoms with Crippen LogP contribution in [0.4, 0.5) is 0 Å². The molecular formula is C7H8O3. The lowest BCUT2D eigenvalue weighted by Gasteiger charge is -1.94. The summed E-state index contributed by atoms with van der Waals surface area (Å²) in [6.45, 7) is 1.78. The first-order chi connectivity index (χ1) is 4.75. The van der Waals surface area contributed by atoms with Crippen molar-refractivity contribution in [1.82, 2.24) is 0 Å². The normalized spacial score (nSPS) is 9.70. The maximum atomic E-state index is 10.9. The third-order valence-corrected chi connectivity index (χ3v) is 1.31. The van der Waals surface area contributed by atoms with E-state index in [0.29, 0.717) is 12.0 Å². The molecule has 0 radical (unpaired) electrons. The number of rotatable bonds is 1. The zero-order chi connectivity index (χ0) is 7.56. The average Bonchev–Trinajstić information content (AvgIpc) is 1.88. The third kappa shape index (κ3) is 1.03. The van der Waals surface area contributed by atoms with E-state index in [1.165, 1.54) is 12.3 Å². The van der Waals surface area contributed by atoms with Gasteiger partial charge in [-0.05, 0) is 6.42 Å². The van der Waals surface area contributed by atoms with Gasteiger partial charge in [0.1, 0.15) is 0 Å². The molecule has 1 N–H and O–H groups in total. The molecule has 0 amide bonds. The Kier molecular flexibility index (Phi) is 1.76. The molecule has 0 spiro atoms. The van der Waals surface area contributed by atoms with Gasteiger partial charge in [-0.1, -0.05) is 6.92 Å². The second-order valence-electron chi connectivity index (χ2n) is 1.92. The van der Waals surface area contributed by atoms with Gasteiger partial charge in [-0.15, -0.1) is 0 Å². The van der Waals surface area contributed by atoms with E-state index in [2.05, 4.69) is 4.42 Å². The topological polar surface area (TPSA) is 50.4 Å². The molecule has 3 heteroatoms. The monoisotopic (exact) mass is 140 g/mol. The molecule has 1 aromatic rings. The van der Waals surface area contributed by atoms with Gasteiger partial charge in [0, 0.05) is 6.07 Å². The van der Waals surface area contributed by atoms with Crippen molar-refractivity contribution in [3.8, 4) is 5.95 Å². The second kappa shape index (κ2) is 2.56. The molecule has 1 aromatic heterocycles. The fourth-order valence-electron chi connectivity index (χ4n) is 0.763. The lowest BCUT2D eigenvalue weighted by molar-refractivity contribution is 0.316. The Balaban J connectivity index is 3.31. The molecule has 0 fully saturated rings. The average molecular weight is 140 g/mol. The van der Waals surface area contributed by atoms with Crippen LogP contribution in [0.3, 0.4) is 0 Å². The van der Waals surface area contributed by atoms with Crippen LogP contribution in [0.2, 0.25) is 0 Å². The van der Waals surface area contributed by atoms with E-state index in [4.69, 9.17) is 5.11 Å². The van der Waals surface area contributed by atoms with Crippen LogP contribution in [0.5, 0.6) is 5.95 Å². The molecule has 0 aliphatic carbocycles. The number of hydrogen-bond acceptors (Lipinski definition) is 3. The first kappa shape index (κ1) is 6.86. The molecule has 10 heavy (non-hydrogen) atoms. The Bertz CT molecular complexity index is 274. The standard InChI is InChI=1S/C7H8O3/c1-2-5-6(8)3-4-10-7(5)9/h3-4,9H,2H2,1H3. The van der Waals surface area contributed by atoms with E-state index in [1.54, 1.807) is 6.92 Å². The van der Waals surface area contributed by atoms with Crippen LogP contribution in [-0.4, -0.2) is 5.11 Å². The van der Waals surface area contributed by atoms with E-state index in [1.807, 2.05) is 0 Å². The van der Waals surface area contributed by atoms with Gasteiger partial charge in [-0.25, -0.2) is 0 Å². The van der Waals surface area contributed by atoms with Gasteiger partial charge in [0.2, 0.25) is 0 Å². The van der Waals surface area contributed by atoms with Gasteiger partial charge in [0.15, 0.2) is 5.43 Å². The highest BCUT2D eigenvalue weighted by atomic mass is 16.5. The van der Waals surface area contributed by atoms with Crippen molar-refractivity contribution >= 4 is 0 Å². The van der Waals surface area contributed by atoms with E-state index >= 15 is 0 Å². The summed E-state index contributed by atoms with van der Waals surface area (Å²) in [6, 6.07) is 1.29. The molecular weight excluding hydrogens is 132 g/mol. The zero-order valence-electron chi connectivity index (χ0n) is 5.63. The van der Waals surface area contributed by atoms with Crippen molar-refractivity contribution in [1.29, 1.82) is 0 Å². The van der Waals surface area contributed by atoms with Crippen LogP contribution >= 0.6 is 0 Å². The minimum absolute atomic E-state index is 0.175. The van der Waals surface area contributed by atoms with Crippen LogP contribution in [0.15, 0.2) is 21.5 Å². The molecule has 0 aliphatic rings. The zero-order valence-corrected chi connectivity index (χ0v) is 5.63. The summed E-state index contributed by atoms with van der Waals surface area (Å²) >= 11 is 0. The fraction of sp³-hybridized carbons (Fsp3) is 0.286. The van der Waals surface area contributed by atoms with E-state index in [-0.39, 0.29) is 11.4 Å². The maximum absolute atomic E-state index is 10.9. The van der Waals surface area contributed by atoms with Crippen molar-refractivity contribution in [2.24, 2.45) is 0 Å². The molecule has 0 saturated carbocycles. The highest BCUT2D eigenvalue weighted by Gasteiger charge is 2.03. The van der Waals surface area contributed by atoms with Crippen molar-refractivity contribution in [3.63, 3.8) is 0 Å². The molecule has 1 heterocycles. The summed E-state index contributed by atoms with van der Waals surface area (Å²) in [6.07, 6.45) is 1.67.